The van der Waals surface area contributed by atoms with Crippen LogP contribution in [0, 0.1) is 0 Å². The van der Waals surface area contributed by atoms with Crippen molar-refractivity contribution in [1.82, 2.24) is 9.97 Å². The quantitative estimate of drug-likeness (QED) is 0.649. The van der Waals surface area contributed by atoms with Gasteiger partial charge >= 0.3 is 12.4 Å². The van der Waals surface area contributed by atoms with E-state index in [4.69, 9.17) is 0 Å². The van der Waals surface area contributed by atoms with E-state index >= 15 is 0 Å². The van der Waals surface area contributed by atoms with Gasteiger partial charge in [-0.1, -0.05) is 6.07 Å². The Kier molecular flexibility index (Phi) is 4.90. The fourth-order valence-electron chi connectivity index (χ4n) is 1.88. The summed E-state index contributed by atoms with van der Waals surface area (Å²) in [6.45, 7) is 0. The van der Waals surface area contributed by atoms with Gasteiger partial charge in [-0.2, -0.15) is 26.3 Å². The maximum absolute atomic E-state index is 12.8. The first-order chi connectivity index (χ1) is 11.4. The number of pyridine rings is 2. The van der Waals surface area contributed by atoms with Crippen molar-refractivity contribution in [2.45, 2.75) is 22.8 Å². The Balaban J connectivity index is 2.43. The molecule has 0 aromatic carbocycles. The van der Waals surface area contributed by atoms with Gasteiger partial charge < -0.3 is 9.66 Å². The molecular formula is C13H7F6N2O3S-. The van der Waals surface area contributed by atoms with Gasteiger partial charge in [0.15, 0.2) is 0 Å². The molecule has 0 radical (unpaired) electrons. The van der Waals surface area contributed by atoms with Gasteiger partial charge in [0.1, 0.15) is 0 Å². The molecule has 2 heterocycles. The zero-order chi connectivity index (χ0) is 19.0. The molecule has 0 aliphatic carbocycles. The molecule has 1 N–H and O–H groups in total. The van der Waals surface area contributed by atoms with Gasteiger partial charge in [0.2, 0.25) is 0 Å². The molecule has 2 rings (SSSR count). The van der Waals surface area contributed by atoms with E-state index in [1.54, 1.807) is 0 Å². The summed E-state index contributed by atoms with van der Waals surface area (Å²) in [6.07, 6.45) is -10.8. The molecule has 5 nitrogen and oxygen atoms in total. The predicted molar refractivity (Wildman–Crippen MR) is 70.7 cm³/mol. The van der Waals surface area contributed by atoms with Gasteiger partial charge in [-0.05, 0) is 29.3 Å². The Bertz CT molecular complexity index is 760. The van der Waals surface area contributed by atoms with Crippen molar-refractivity contribution in [2.24, 2.45) is 0 Å². The van der Waals surface area contributed by atoms with Crippen molar-refractivity contribution < 1.29 is 40.2 Å². The third-order valence-electron chi connectivity index (χ3n) is 3.19. The SMILES string of the molecule is O=S([O-])c1ccc(-c2ccc(C(O)(C(F)(F)F)C(F)(F)F)cn2)nc1. The minimum atomic E-state index is -6.01. The number of alkyl halides is 6. The van der Waals surface area contributed by atoms with Crippen molar-refractivity contribution >= 4 is 11.1 Å². The van der Waals surface area contributed by atoms with Gasteiger partial charge in [-0.3, -0.25) is 14.2 Å². The highest BCUT2D eigenvalue weighted by Gasteiger charge is 2.71. The number of halogens is 6. The van der Waals surface area contributed by atoms with E-state index in [1.807, 2.05) is 0 Å². The molecule has 25 heavy (non-hydrogen) atoms. The predicted octanol–water partition coefficient (Wildman–Crippen LogP) is 2.69. The van der Waals surface area contributed by atoms with Crippen LogP contribution in [0.15, 0.2) is 41.6 Å². The third-order valence-corrected chi connectivity index (χ3v) is 3.82. The lowest BCUT2D eigenvalue weighted by atomic mass is 9.93. The van der Waals surface area contributed by atoms with Crippen LogP contribution in [-0.2, 0) is 16.7 Å². The van der Waals surface area contributed by atoms with Gasteiger partial charge in [0, 0.05) is 22.9 Å². The highest BCUT2D eigenvalue weighted by Crippen LogP contribution is 2.49. The first-order valence-corrected chi connectivity index (χ1v) is 7.33. The van der Waals surface area contributed by atoms with Gasteiger partial charge in [0.05, 0.1) is 11.4 Å². The highest BCUT2D eigenvalue weighted by molar-refractivity contribution is 7.79. The Morgan fingerprint density at radius 1 is 0.880 bits per heavy atom. The molecule has 0 aliphatic rings. The maximum atomic E-state index is 12.8. The molecule has 0 bridgehead atoms. The van der Waals surface area contributed by atoms with Crippen LogP contribution in [0.2, 0.25) is 0 Å². The molecule has 1 unspecified atom stereocenters. The lowest BCUT2D eigenvalue weighted by Crippen LogP contribution is -2.53. The van der Waals surface area contributed by atoms with Crippen molar-refractivity contribution in [3.05, 3.63) is 42.2 Å². The molecule has 136 valence electrons. The normalized spacial score (nSPS) is 14.4. The maximum Gasteiger partial charge on any atom is 0.430 e. The number of hydrogen-bond acceptors (Lipinski definition) is 5. The Hall–Kier alpha value is -2.05. The Morgan fingerprint density at radius 2 is 1.36 bits per heavy atom. The van der Waals surface area contributed by atoms with Crippen LogP contribution in [0.25, 0.3) is 11.4 Å². The minimum Gasteiger partial charge on any atom is -0.768 e. The molecule has 2 aromatic rings. The molecule has 0 aliphatic heterocycles. The van der Waals surface area contributed by atoms with Crippen molar-refractivity contribution in [3.8, 4) is 11.4 Å². The molecule has 0 saturated carbocycles. The zero-order valence-corrected chi connectivity index (χ0v) is 12.6. The van der Waals surface area contributed by atoms with E-state index in [1.165, 1.54) is 6.07 Å². The van der Waals surface area contributed by atoms with Gasteiger partial charge in [-0.25, -0.2) is 0 Å². The summed E-state index contributed by atoms with van der Waals surface area (Å²) in [7, 11) is 0. The van der Waals surface area contributed by atoms with Gasteiger partial charge in [-0.15, -0.1) is 0 Å². The number of aliphatic hydroxyl groups is 1. The monoisotopic (exact) mass is 385 g/mol. The van der Waals surface area contributed by atoms with Crippen LogP contribution in [0.5, 0.6) is 0 Å². The van der Waals surface area contributed by atoms with Crippen LogP contribution in [0.4, 0.5) is 26.3 Å². The summed E-state index contributed by atoms with van der Waals surface area (Å²) in [5.74, 6) is 0. The highest BCUT2D eigenvalue weighted by atomic mass is 32.2. The average Bonchev–Trinajstić information content (AvgIpc) is 2.52. The van der Waals surface area contributed by atoms with Crippen molar-refractivity contribution in [3.63, 3.8) is 0 Å². The van der Waals surface area contributed by atoms with Crippen LogP contribution in [0.1, 0.15) is 5.56 Å². The lowest BCUT2D eigenvalue weighted by Gasteiger charge is -2.32. The van der Waals surface area contributed by atoms with Gasteiger partial charge in [0.25, 0.3) is 5.60 Å². The summed E-state index contributed by atoms with van der Waals surface area (Å²) in [5.41, 5.74) is -6.67. The lowest BCUT2D eigenvalue weighted by molar-refractivity contribution is -0.376. The second-order valence-corrected chi connectivity index (χ2v) is 5.69. The van der Waals surface area contributed by atoms with Crippen molar-refractivity contribution in [1.29, 1.82) is 0 Å². The van der Waals surface area contributed by atoms with Crippen LogP contribution < -0.4 is 0 Å². The topological polar surface area (TPSA) is 86.1 Å². The number of nitrogens with zero attached hydrogens (tertiary/aromatic N) is 2. The smallest absolute Gasteiger partial charge is 0.430 e. The van der Waals surface area contributed by atoms with Crippen LogP contribution in [0.3, 0.4) is 0 Å². The number of rotatable bonds is 3. The van der Waals surface area contributed by atoms with E-state index in [0.29, 0.717) is 6.07 Å². The first-order valence-electron chi connectivity index (χ1n) is 6.26. The minimum absolute atomic E-state index is 0.0170. The van der Waals surface area contributed by atoms with E-state index in [2.05, 4.69) is 9.97 Å². The standard InChI is InChI=1S/C13H8F6N2O3S/c14-12(15,16)11(22,13(17,18)19)7-1-3-9(20-5-7)10-4-2-8(6-21-10)25(23)24/h1-6,22H,(H,23,24)/p-1. The molecule has 0 spiro atoms. The summed E-state index contributed by atoms with van der Waals surface area (Å²) in [6, 6.07) is 3.52. The fraction of sp³-hybridized carbons (Fsp3) is 0.231. The molecule has 0 fully saturated rings. The van der Waals surface area contributed by atoms with E-state index in [0.717, 1.165) is 18.3 Å². The second kappa shape index (κ2) is 6.35. The Labute approximate surface area is 138 Å². The largest absolute Gasteiger partial charge is 0.768 e. The zero-order valence-electron chi connectivity index (χ0n) is 11.8. The molecular weight excluding hydrogens is 378 g/mol. The number of aromatic nitrogens is 2. The van der Waals surface area contributed by atoms with Crippen LogP contribution in [-0.4, -0.2) is 36.2 Å². The number of hydrogen-bond donors (Lipinski definition) is 1. The third kappa shape index (κ3) is 3.50. The van der Waals surface area contributed by atoms with Crippen LogP contribution >= 0.6 is 0 Å². The van der Waals surface area contributed by atoms with E-state index in [-0.39, 0.29) is 22.5 Å². The summed E-state index contributed by atoms with van der Waals surface area (Å²) in [5, 5.41) is 9.24. The molecule has 2 aromatic heterocycles. The summed E-state index contributed by atoms with van der Waals surface area (Å²) in [4.78, 5) is 6.97. The molecule has 1 atom stereocenters. The van der Waals surface area contributed by atoms with E-state index < -0.39 is 34.6 Å². The fourth-order valence-corrected chi connectivity index (χ4v) is 2.20. The first kappa shape index (κ1) is 19.3. The second-order valence-electron chi connectivity index (χ2n) is 4.75. The average molecular weight is 385 g/mol. The molecule has 0 amide bonds. The molecule has 0 saturated heterocycles. The van der Waals surface area contributed by atoms with Crippen molar-refractivity contribution in [2.75, 3.05) is 0 Å². The molecule has 12 heteroatoms. The Morgan fingerprint density at radius 3 is 1.68 bits per heavy atom. The summed E-state index contributed by atoms with van der Waals surface area (Å²) < 4.78 is 98.0. The summed E-state index contributed by atoms with van der Waals surface area (Å²) >= 11 is -2.55. The van der Waals surface area contributed by atoms with E-state index in [9.17, 15) is 40.2 Å².